The number of hydrogen-bond acceptors (Lipinski definition) is 14. The van der Waals surface area contributed by atoms with Crippen molar-refractivity contribution in [1.29, 1.82) is 0 Å². The third-order valence-corrected chi connectivity index (χ3v) is 8.17. The van der Waals surface area contributed by atoms with Crippen molar-refractivity contribution in [3.05, 3.63) is 6.92 Å². The Morgan fingerprint density at radius 3 is 0.952 bits per heavy atom. The van der Waals surface area contributed by atoms with Crippen LogP contribution in [0.1, 0.15) is 57.8 Å². The van der Waals surface area contributed by atoms with Gasteiger partial charge in [0.2, 0.25) is 41.4 Å². The van der Waals surface area contributed by atoms with Crippen LogP contribution in [-0.2, 0) is 47.9 Å². The summed E-state index contributed by atoms with van der Waals surface area (Å²) in [5, 5.41) is 41.6. The highest BCUT2D eigenvalue weighted by atomic mass is 16.4. The molecule has 0 fully saturated rings. The van der Waals surface area contributed by atoms with Crippen LogP contribution in [0.5, 0.6) is 0 Å². The number of guanidine groups is 3. The number of nitrogens with one attached hydrogen (secondary N) is 6. The van der Waals surface area contributed by atoms with Gasteiger partial charge in [-0.15, -0.1) is 0 Å². The molecular formula is C33H58N17O13-. The summed E-state index contributed by atoms with van der Waals surface area (Å²) in [5.41, 5.74) is 42.4. The van der Waals surface area contributed by atoms with Gasteiger partial charge in [-0.3, -0.25) is 48.5 Å². The van der Waals surface area contributed by atoms with Crippen molar-refractivity contribution in [2.75, 3.05) is 19.6 Å². The molecule has 0 aromatic carbocycles. The molecule has 0 heterocycles. The Morgan fingerprint density at radius 2 is 0.698 bits per heavy atom. The molecule has 7 amide bonds. The van der Waals surface area contributed by atoms with Crippen LogP contribution in [0.4, 0.5) is 0 Å². The minimum absolute atomic E-state index is 0.00138. The van der Waals surface area contributed by atoms with E-state index in [1.54, 1.807) is 0 Å². The summed E-state index contributed by atoms with van der Waals surface area (Å²) in [4.78, 5) is 138. The first kappa shape index (κ1) is 55.5. The number of carbonyl (C=O) groups is 10. The average molecular weight is 901 g/mol. The Kier molecular flexibility index (Phi) is 25.4. The highest BCUT2D eigenvalue weighted by molar-refractivity contribution is 5.99. The molecule has 0 saturated carbocycles. The van der Waals surface area contributed by atoms with E-state index in [2.05, 4.69) is 53.8 Å². The number of carbonyl (C=O) groups excluding carboxylic acids is 7. The lowest BCUT2D eigenvalue weighted by Gasteiger charge is -2.26. The zero-order valence-electron chi connectivity index (χ0n) is 34.1. The van der Waals surface area contributed by atoms with Crippen molar-refractivity contribution in [1.82, 2.24) is 31.9 Å². The maximum atomic E-state index is 13.7. The fourth-order valence-electron chi connectivity index (χ4n) is 5.06. The number of carboxylic acids is 3. The van der Waals surface area contributed by atoms with E-state index in [9.17, 15) is 63.3 Å². The molecule has 30 heteroatoms. The number of rotatable bonds is 31. The van der Waals surface area contributed by atoms with Gasteiger partial charge in [0, 0.05) is 19.6 Å². The highest BCUT2D eigenvalue weighted by Gasteiger charge is 2.34. The lowest BCUT2D eigenvalue weighted by molar-refractivity contribution is -0.143. The van der Waals surface area contributed by atoms with Crippen LogP contribution >= 0.6 is 0 Å². The Balaban J connectivity index is 6.61. The third-order valence-electron chi connectivity index (χ3n) is 8.17. The van der Waals surface area contributed by atoms with Gasteiger partial charge in [0.05, 0.1) is 19.3 Å². The fraction of sp³-hybridized carbons (Fsp3) is 0.576. The number of hydrogen-bond donors (Lipinski definition) is 17. The van der Waals surface area contributed by atoms with Crippen molar-refractivity contribution in [2.45, 2.75) is 100 Å². The Labute approximate surface area is 359 Å². The number of amides is 7. The molecule has 0 radical (unpaired) electrons. The van der Waals surface area contributed by atoms with E-state index >= 15 is 0 Å². The van der Waals surface area contributed by atoms with Gasteiger partial charge in [-0.2, -0.15) is 0 Å². The molecule has 25 N–H and O–H groups in total. The Hall–Kier alpha value is -7.53. The van der Waals surface area contributed by atoms with Gasteiger partial charge in [0.15, 0.2) is 17.9 Å². The van der Waals surface area contributed by atoms with Crippen LogP contribution in [0.15, 0.2) is 15.0 Å². The van der Waals surface area contributed by atoms with Crippen LogP contribution in [0, 0.1) is 6.92 Å². The molecule has 0 aromatic heterocycles. The van der Waals surface area contributed by atoms with E-state index in [4.69, 9.17) is 45.9 Å². The first-order chi connectivity index (χ1) is 29.3. The van der Waals surface area contributed by atoms with Crippen LogP contribution in [0.25, 0.3) is 0 Å². The summed E-state index contributed by atoms with van der Waals surface area (Å²) in [6.45, 7) is 3.29. The minimum atomic E-state index is -2.10. The average Bonchev–Trinajstić information content (AvgIpc) is 3.16. The number of aliphatic imine (C=N–C) groups is 3. The number of nitrogens with zero attached hydrogens (tertiary/aromatic N) is 3. The van der Waals surface area contributed by atoms with Crippen molar-refractivity contribution < 1.29 is 63.3 Å². The van der Waals surface area contributed by atoms with Crippen molar-refractivity contribution in [3.63, 3.8) is 0 Å². The van der Waals surface area contributed by atoms with Crippen molar-refractivity contribution in [3.8, 4) is 0 Å². The maximum absolute atomic E-state index is 13.7. The summed E-state index contributed by atoms with van der Waals surface area (Å²) >= 11 is 0. The van der Waals surface area contributed by atoms with E-state index in [0.29, 0.717) is 0 Å². The topological polar surface area (TPSA) is 549 Å². The predicted molar refractivity (Wildman–Crippen MR) is 221 cm³/mol. The largest absolute Gasteiger partial charge is 0.480 e. The van der Waals surface area contributed by atoms with Gasteiger partial charge in [0.1, 0.15) is 36.3 Å². The van der Waals surface area contributed by atoms with Gasteiger partial charge in [-0.1, -0.05) is 0 Å². The maximum Gasteiger partial charge on any atom is 0.326 e. The predicted octanol–water partition coefficient (Wildman–Crippen LogP) is -8.87. The molecule has 0 unspecified atom stereocenters. The molecule has 0 bridgehead atoms. The van der Waals surface area contributed by atoms with Crippen LogP contribution < -0.4 is 77.8 Å². The number of nitrogens with two attached hydrogens (primary N) is 8. The number of primary amides is 1. The normalized spacial score (nSPS) is 13.9. The quantitative estimate of drug-likeness (QED) is 0.0133. The standard InChI is InChI=1S/C33H58N17O13/c1-14(34)25(55)49-19(12-22(52)46-16(29(60)61)6-3-9-43-32(38)39)27(57)50-20(13-23(53)47-17(30(62)63)7-4-10-44-33(40)41)26(56)48-18(24(35)54)11-21(51)45-15(28(58)59)5-2-8-42-31(36)37/h14-20H,1-13,34H2,(H2,35,54)(H,45,51)(H,46,52)(H,47,53)(H,48,56)(H,49,55)(H,50,57)(H,58,59)(H,60,61)(H,62,63)(H4,36,37,42)(H4,38,39,43)(H4,40,41,44)/q-1/t14-,15-,16-,17-,18-,19-,20-/m0/s1. The third kappa shape index (κ3) is 25.0. The molecule has 0 saturated heterocycles. The summed E-state index contributed by atoms with van der Waals surface area (Å²) in [7, 11) is 0. The molecule has 0 aliphatic carbocycles. The molecule has 0 aromatic rings. The first-order valence-electron chi connectivity index (χ1n) is 18.9. The number of carboxylic acid groups (broad SMARTS) is 3. The summed E-state index contributed by atoms with van der Waals surface area (Å²) < 4.78 is 0. The van der Waals surface area contributed by atoms with E-state index in [1.165, 1.54) is 0 Å². The summed E-state index contributed by atoms with van der Waals surface area (Å²) in [5.74, 6) is -14.0. The Morgan fingerprint density at radius 1 is 0.429 bits per heavy atom. The number of aliphatic carboxylic acids is 3. The molecule has 0 aliphatic rings. The molecule has 63 heavy (non-hydrogen) atoms. The van der Waals surface area contributed by atoms with Crippen molar-refractivity contribution in [2.24, 2.45) is 60.8 Å². The van der Waals surface area contributed by atoms with E-state index in [1.807, 2.05) is 0 Å². The molecule has 0 spiro atoms. The summed E-state index contributed by atoms with van der Waals surface area (Å²) in [6, 6.07) is -12.2. The minimum Gasteiger partial charge on any atom is -0.480 e. The van der Waals surface area contributed by atoms with Crippen LogP contribution in [0.2, 0.25) is 0 Å². The van der Waals surface area contributed by atoms with Gasteiger partial charge in [-0.05, 0) is 44.6 Å². The summed E-state index contributed by atoms with van der Waals surface area (Å²) in [6.07, 6.45) is -3.44. The zero-order valence-corrected chi connectivity index (χ0v) is 34.1. The van der Waals surface area contributed by atoms with Crippen molar-refractivity contribution >= 4 is 77.1 Å². The molecule has 0 aliphatic heterocycles. The Bertz CT molecular complexity index is 1730. The van der Waals surface area contributed by atoms with E-state index in [0.717, 1.165) is 0 Å². The van der Waals surface area contributed by atoms with Gasteiger partial charge >= 0.3 is 17.9 Å². The van der Waals surface area contributed by atoms with E-state index < -0.39 is 121 Å². The lowest BCUT2D eigenvalue weighted by Crippen LogP contribution is -2.59. The second-order valence-electron chi connectivity index (χ2n) is 13.5. The molecule has 0 rings (SSSR count). The lowest BCUT2D eigenvalue weighted by atomic mass is 10.1. The fourth-order valence-corrected chi connectivity index (χ4v) is 5.06. The smallest absolute Gasteiger partial charge is 0.326 e. The van der Waals surface area contributed by atoms with Crippen LogP contribution in [0.3, 0.4) is 0 Å². The second kappa shape index (κ2) is 28.9. The monoisotopic (exact) mass is 900 g/mol. The van der Waals surface area contributed by atoms with E-state index in [-0.39, 0.29) is 76.0 Å². The van der Waals surface area contributed by atoms with Gasteiger partial charge in [-0.25, -0.2) is 14.4 Å². The molecule has 7 atom stereocenters. The molecular weight excluding hydrogens is 842 g/mol. The van der Waals surface area contributed by atoms with Gasteiger partial charge in [0.25, 0.3) is 0 Å². The zero-order chi connectivity index (χ0) is 48.4. The highest BCUT2D eigenvalue weighted by Crippen LogP contribution is 2.07. The first-order valence-corrected chi connectivity index (χ1v) is 18.9. The van der Waals surface area contributed by atoms with Gasteiger partial charge < -0.3 is 100 Å². The van der Waals surface area contributed by atoms with Crippen LogP contribution in [-0.4, -0.2) is 154 Å². The molecule has 30 nitrogen and oxygen atoms in total. The molecule has 354 valence electrons. The SMILES string of the molecule is [CH2-][C@H](N)C(=O)N[C@@H](CC(=O)N[C@@H](CCCN=C(N)N)C(=O)O)C(=O)N[C@@H](CC(=O)N[C@@H](CCCN=C(N)N)C(=O)O)C(=O)N[C@@H](CC(=O)N[C@@H](CCCN=C(N)N)C(=O)O)C(N)=O. The second-order valence-corrected chi connectivity index (χ2v) is 13.5.